The lowest BCUT2D eigenvalue weighted by Gasteiger charge is -2.23. The van der Waals surface area contributed by atoms with Crippen LogP contribution in [0.3, 0.4) is 0 Å². The van der Waals surface area contributed by atoms with Gasteiger partial charge >= 0.3 is 0 Å². The lowest BCUT2D eigenvalue weighted by molar-refractivity contribution is -0.115. The number of benzene rings is 4. The van der Waals surface area contributed by atoms with Gasteiger partial charge in [0, 0.05) is 11.0 Å². The standard InChI is InChI=1S/C32H26O3/c1-34-26-17-13-23(14-18-26)29-28(22-9-5-3-6-10-22)30(33)32(24-11-7-4-8-12-24)21-31(29,32)25-15-19-27(35-2)20-16-25/h3-20H,21H2,1-2H3/t31-,32+/m1/s1. The van der Waals surface area contributed by atoms with Gasteiger partial charge in [0.15, 0.2) is 5.78 Å². The number of methoxy groups -OCH3 is 2. The van der Waals surface area contributed by atoms with Crippen LogP contribution < -0.4 is 9.47 Å². The van der Waals surface area contributed by atoms with Crippen molar-refractivity contribution in [3.63, 3.8) is 0 Å². The molecule has 3 heteroatoms. The minimum absolute atomic E-state index is 0.191. The Kier molecular flexibility index (Phi) is 4.89. The molecule has 0 N–H and O–H groups in total. The minimum Gasteiger partial charge on any atom is -0.497 e. The smallest absolute Gasteiger partial charge is 0.175 e. The largest absolute Gasteiger partial charge is 0.497 e. The van der Waals surface area contributed by atoms with Crippen molar-refractivity contribution in [3.05, 3.63) is 131 Å². The first-order valence-electron chi connectivity index (χ1n) is 11.9. The number of hydrogen-bond acceptors (Lipinski definition) is 3. The summed E-state index contributed by atoms with van der Waals surface area (Å²) in [5.74, 6) is 1.79. The monoisotopic (exact) mass is 458 g/mol. The lowest BCUT2D eigenvalue weighted by Crippen LogP contribution is -2.25. The zero-order chi connectivity index (χ0) is 24.0. The molecule has 0 aromatic heterocycles. The number of carbonyl (C=O) groups excluding carboxylic acids is 1. The molecule has 0 spiro atoms. The first kappa shape index (κ1) is 21.4. The number of Topliss-reactive ketones (excluding diaryl/α,β-unsaturated/α-hetero) is 1. The van der Waals surface area contributed by atoms with Crippen LogP contribution >= 0.6 is 0 Å². The number of allylic oxidation sites excluding steroid dienone is 2. The van der Waals surface area contributed by atoms with Gasteiger partial charge in [-0.2, -0.15) is 0 Å². The second-order valence-corrected chi connectivity index (χ2v) is 9.26. The van der Waals surface area contributed by atoms with E-state index in [2.05, 4.69) is 36.4 Å². The molecule has 2 atom stereocenters. The normalized spacial score (nSPS) is 22.6. The van der Waals surface area contributed by atoms with E-state index in [0.717, 1.165) is 51.3 Å². The van der Waals surface area contributed by atoms with Crippen LogP contribution in [-0.4, -0.2) is 20.0 Å². The molecule has 0 aliphatic heterocycles. The van der Waals surface area contributed by atoms with Gasteiger partial charge in [0.2, 0.25) is 0 Å². The summed E-state index contributed by atoms with van der Waals surface area (Å²) in [4.78, 5) is 14.6. The van der Waals surface area contributed by atoms with Crippen molar-refractivity contribution in [1.29, 1.82) is 0 Å². The molecule has 0 bridgehead atoms. The summed E-state index contributed by atoms with van der Waals surface area (Å²) in [7, 11) is 3.34. The summed E-state index contributed by atoms with van der Waals surface area (Å²) < 4.78 is 10.9. The van der Waals surface area contributed by atoms with Crippen molar-refractivity contribution in [1.82, 2.24) is 0 Å². The third-order valence-electron chi connectivity index (χ3n) is 7.72. The Balaban J connectivity index is 1.67. The molecule has 1 saturated carbocycles. The minimum atomic E-state index is -0.636. The van der Waals surface area contributed by atoms with E-state index < -0.39 is 10.8 Å². The van der Waals surface area contributed by atoms with Gasteiger partial charge in [0.1, 0.15) is 11.5 Å². The summed E-state index contributed by atoms with van der Waals surface area (Å²) in [6.07, 6.45) is 0.743. The van der Waals surface area contributed by atoms with E-state index in [1.807, 2.05) is 72.8 Å². The molecule has 172 valence electrons. The van der Waals surface area contributed by atoms with E-state index >= 15 is 0 Å². The molecule has 0 saturated heterocycles. The van der Waals surface area contributed by atoms with E-state index in [-0.39, 0.29) is 5.78 Å². The Morgan fingerprint density at radius 2 is 1.09 bits per heavy atom. The molecule has 4 aromatic rings. The summed E-state index contributed by atoms with van der Waals surface area (Å²) in [5, 5.41) is 0. The number of ketones is 1. The van der Waals surface area contributed by atoms with Crippen LogP contribution in [0.25, 0.3) is 11.1 Å². The van der Waals surface area contributed by atoms with Gasteiger partial charge < -0.3 is 9.47 Å². The first-order chi connectivity index (χ1) is 17.2. The summed E-state index contributed by atoms with van der Waals surface area (Å²) in [6, 6.07) is 36.7. The number of rotatable bonds is 6. The van der Waals surface area contributed by atoms with Crippen LogP contribution in [0.15, 0.2) is 109 Å². The van der Waals surface area contributed by atoms with Gasteiger partial charge in [-0.15, -0.1) is 0 Å². The van der Waals surface area contributed by atoms with Crippen LogP contribution in [0.4, 0.5) is 0 Å². The summed E-state index contributed by atoms with van der Waals surface area (Å²) in [5.41, 5.74) is 5.00. The average Bonchev–Trinajstić information content (AvgIpc) is 3.59. The number of fused-ring (bicyclic) bond motifs is 1. The zero-order valence-corrected chi connectivity index (χ0v) is 19.8. The number of ether oxygens (including phenoxy) is 2. The fraction of sp³-hybridized carbons (Fsp3) is 0.156. The lowest BCUT2D eigenvalue weighted by atomic mass is 9.78. The highest BCUT2D eigenvalue weighted by Gasteiger charge is 2.79. The van der Waals surface area contributed by atoms with Crippen LogP contribution in [0, 0.1) is 0 Å². The maximum absolute atomic E-state index is 14.6. The van der Waals surface area contributed by atoms with Gasteiger partial charge in [-0.05, 0) is 58.5 Å². The van der Waals surface area contributed by atoms with Gasteiger partial charge in [0.05, 0.1) is 19.6 Å². The second-order valence-electron chi connectivity index (χ2n) is 9.26. The Morgan fingerprint density at radius 1 is 0.571 bits per heavy atom. The molecule has 3 nitrogen and oxygen atoms in total. The van der Waals surface area contributed by atoms with E-state index in [0.29, 0.717) is 0 Å². The predicted octanol–water partition coefficient (Wildman–Crippen LogP) is 6.48. The van der Waals surface area contributed by atoms with Crippen molar-refractivity contribution in [3.8, 4) is 11.5 Å². The van der Waals surface area contributed by atoms with Gasteiger partial charge in [0.25, 0.3) is 0 Å². The maximum atomic E-state index is 14.6. The third kappa shape index (κ3) is 2.94. The van der Waals surface area contributed by atoms with Crippen molar-refractivity contribution >= 4 is 16.9 Å². The van der Waals surface area contributed by atoms with Crippen molar-refractivity contribution < 1.29 is 14.3 Å². The zero-order valence-electron chi connectivity index (χ0n) is 19.8. The number of hydrogen-bond donors (Lipinski definition) is 0. The fourth-order valence-corrected chi connectivity index (χ4v) is 6.07. The summed E-state index contributed by atoms with van der Waals surface area (Å²) in [6.45, 7) is 0. The van der Waals surface area contributed by atoms with Gasteiger partial charge in [-0.3, -0.25) is 4.79 Å². The molecule has 2 aliphatic carbocycles. The van der Waals surface area contributed by atoms with E-state index in [9.17, 15) is 4.79 Å². The molecule has 2 aliphatic rings. The van der Waals surface area contributed by atoms with Crippen molar-refractivity contribution in [2.75, 3.05) is 14.2 Å². The number of carbonyl (C=O) groups is 1. The Hall–Kier alpha value is -4.11. The van der Waals surface area contributed by atoms with Gasteiger partial charge in [-0.25, -0.2) is 0 Å². The summed E-state index contributed by atoms with van der Waals surface area (Å²) >= 11 is 0. The molecule has 0 unspecified atom stereocenters. The van der Waals surface area contributed by atoms with Gasteiger partial charge in [-0.1, -0.05) is 84.9 Å². The van der Waals surface area contributed by atoms with Crippen LogP contribution in [0.2, 0.25) is 0 Å². The maximum Gasteiger partial charge on any atom is 0.175 e. The van der Waals surface area contributed by atoms with Crippen LogP contribution in [-0.2, 0) is 15.6 Å². The molecule has 6 rings (SSSR count). The first-order valence-corrected chi connectivity index (χ1v) is 11.9. The topological polar surface area (TPSA) is 35.5 Å². The Bertz CT molecular complexity index is 1420. The Morgan fingerprint density at radius 3 is 1.66 bits per heavy atom. The highest BCUT2D eigenvalue weighted by molar-refractivity contribution is 6.40. The molecule has 35 heavy (non-hydrogen) atoms. The highest BCUT2D eigenvalue weighted by Crippen LogP contribution is 2.77. The van der Waals surface area contributed by atoms with Crippen LogP contribution in [0.5, 0.6) is 11.5 Å². The molecule has 4 aromatic carbocycles. The molecule has 0 radical (unpaired) electrons. The van der Waals surface area contributed by atoms with E-state index in [1.165, 1.54) is 0 Å². The molecular formula is C32H26O3. The SMILES string of the molecule is COc1ccc(C2=C(c3ccccc3)C(=O)[C@@]3(c4ccccc4)C[C@@]23c2ccc(OC)cc2)cc1. The molecule has 0 amide bonds. The predicted molar refractivity (Wildman–Crippen MR) is 139 cm³/mol. The van der Waals surface area contributed by atoms with Crippen molar-refractivity contribution in [2.45, 2.75) is 17.3 Å². The quantitative estimate of drug-likeness (QED) is 0.332. The Labute approximate surface area is 205 Å². The highest BCUT2D eigenvalue weighted by atomic mass is 16.5. The molecule has 0 heterocycles. The van der Waals surface area contributed by atoms with Crippen molar-refractivity contribution in [2.24, 2.45) is 0 Å². The molecule has 1 fully saturated rings. The van der Waals surface area contributed by atoms with E-state index in [4.69, 9.17) is 9.47 Å². The van der Waals surface area contributed by atoms with E-state index in [1.54, 1.807) is 14.2 Å². The third-order valence-corrected chi connectivity index (χ3v) is 7.72. The second kappa shape index (κ2) is 7.99. The fourth-order valence-electron chi connectivity index (χ4n) is 6.07. The molecular weight excluding hydrogens is 432 g/mol. The average molecular weight is 459 g/mol. The van der Waals surface area contributed by atoms with Crippen LogP contribution in [0.1, 0.15) is 28.7 Å².